The molecule has 0 radical (unpaired) electrons. The molecule has 0 spiro atoms. The lowest BCUT2D eigenvalue weighted by molar-refractivity contribution is -0.384. The number of nitro benzene ring substituents is 1. The summed E-state index contributed by atoms with van der Waals surface area (Å²) in [5.74, 6) is -0.518. The first-order valence-corrected chi connectivity index (χ1v) is 12.7. The minimum atomic E-state index is -1.14. The second-order valence-electron chi connectivity index (χ2n) is 7.86. The molecule has 0 aliphatic carbocycles. The molecule has 2 aromatic heterocycles. The van der Waals surface area contributed by atoms with Gasteiger partial charge in [0.2, 0.25) is 0 Å². The molecule has 0 aliphatic heterocycles. The van der Waals surface area contributed by atoms with Gasteiger partial charge in [-0.15, -0.1) is 22.7 Å². The predicted molar refractivity (Wildman–Crippen MR) is 138 cm³/mol. The van der Waals surface area contributed by atoms with Crippen LogP contribution in [0.4, 0.5) is 10.5 Å². The molecule has 11 heteroatoms. The first-order chi connectivity index (χ1) is 17.4. The fourth-order valence-corrected chi connectivity index (χ4v) is 5.29. The van der Waals surface area contributed by atoms with Crippen LogP contribution in [-0.2, 0) is 22.4 Å². The van der Waals surface area contributed by atoms with Crippen molar-refractivity contribution in [1.29, 1.82) is 0 Å². The third-order valence-corrected chi connectivity index (χ3v) is 7.23. The Morgan fingerprint density at radius 2 is 1.72 bits per heavy atom. The number of ether oxygens (including phenoxy) is 1. The van der Waals surface area contributed by atoms with Crippen molar-refractivity contribution in [3.8, 4) is 9.88 Å². The van der Waals surface area contributed by atoms with Gasteiger partial charge in [0.05, 0.1) is 21.5 Å². The summed E-state index contributed by atoms with van der Waals surface area (Å²) in [4.78, 5) is 41.1. The average Bonchev–Trinajstić information content (AvgIpc) is 3.56. The van der Waals surface area contributed by atoms with Gasteiger partial charge in [-0.3, -0.25) is 14.9 Å². The Hall–Kier alpha value is -4.09. The number of aromatic nitrogens is 1. The van der Waals surface area contributed by atoms with Crippen molar-refractivity contribution >= 4 is 40.4 Å². The molecule has 3 N–H and O–H groups in total. The van der Waals surface area contributed by atoms with Crippen molar-refractivity contribution < 1.29 is 19.2 Å². The Bertz CT molecular complexity index is 1320. The molecule has 4 aromatic rings. The van der Waals surface area contributed by atoms with E-state index in [0.29, 0.717) is 12.1 Å². The number of hydrogen-bond donors (Lipinski definition) is 2. The predicted octanol–water partition coefficient (Wildman–Crippen LogP) is 4.89. The third kappa shape index (κ3) is 6.52. The summed E-state index contributed by atoms with van der Waals surface area (Å²) in [7, 11) is 0. The van der Waals surface area contributed by atoms with Gasteiger partial charge >= 0.3 is 6.09 Å². The molecule has 2 aromatic carbocycles. The number of nitrogens with zero attached hydrogens (tertiary/aromatic N) is 2. The van der Waals surface area contributed by atoms with Crippen LogP contribution in [0.3, 0.4) is 0 Å². The summed E-state index contributed by atoms with van der Waals surface area (Å²) >= 11 is 3.02. The van der Waals surface area contributed by atoms with Gasteiger partial charge in [-0.05, 0) is 29.0 Å². The van der Waals surface area contributed by atoms with Crippen LogP contribution in [0.1, 0.15) is 22.9 Å². The molecular weight excluding hydrogens is 500 g/mol. The number of thiophene rings is 1. The van der Waals surface area contributed by atoms with Gasteiger partial charge in [0.15, 0.2) is 6.10 Å². The molecule has 0 fully saturated rings. The van der Waals surface area contributed by atoms with E-state index >= 15 is 0 Å². The summed E-state index contributed by atoms with van der Waals surface area (Å²) in [6, 6.07) is 18.6. The van der Waals surface area contributed by atoms with Crippen molar-refractivity contribution in [2.24, 2.45) is 5.73 Å². The van der Waals surface area contributed by atoms with Gasteiger partial charge in [-0.2, -0.15) is 0 Å². The number of hydrogen-bond acceptors (Lipinski definition) is 8. The Labute approximate surface area is 214 Å². The number of rotatable bonds is 10. The topological polar surface area (TPSA) is 137 Å². The van der Waals surface area contributed by atoms with E-state index in [0.717, 1.165) is 21.0 Å². The zero-order chi connectivity index (χ0) is 25.5. The first-order valence-electron chi connectivity index (χ1n) is 10.9. The summed E-state index contributed by atoms with van der Waals surface area (Å²) < 4.78 is 5.14. The third-order valence-electron chi connectivity index (χ3n) is 5.33. The van der Waals surface area contributed by atoms with E-state index < -0.39 is 29.1 Å². The van der Waals surface area contributed by atoms with Crippen molar-refractivity contribution in [3.63, 3.8) is 0 Å². The van der Waals surface area contributed by atoms with Gasteiger partial charge < -0.3 is 15.8 Å². The minimum absolute atomic E-state index is 0.0224. The lowest BCUT2D eigenvalue weighted by atomic mass is 10.0. The van der Waals surface area contributed by atoms with Gasteiger partial charge in [-0.25, -0.2) is 9.78 Å². The molecule has 184 valence electrons. The molecule has 0 bridgehead atoms. The first kappa shape index (κ1) is 25.0. The molecule has 0 saturated carbocycles. The molecular formula is C25H22N4O5S2. The summed E-state index contributed by atoms with van der Waals surface area (Å²) in [6.07, 6.45) is -1.71. The number of nitrogens with one attached hydrogen (secondary N) is 1. The molecule has 0 aliphatic rings. The lowest BCUT2D eigenvalue weighted by Crippen LogP contribution is -2.42. The Morgan fingerprint density at radius 1 is 1.00 bits per heavy atom. The largest absolute Gasteiger partial charge is 0.436 e. The van der Waals surface area contributed by atoms with E-state index in [2.05, 4.69) is 5.32 Å². The van der Waals surface area contributed by atoms with E-state index in [4.69, 9.17) is 15.5 Å². The number of nitrogens with two attached hydrogens (primary N) is 1. The standard InChI is InChI=1S/C25H22N4O5S2/c26-25(31)34-21(14-16-5-2-1-3-6-16)23(30)27-19(13-17-8-10-18(11-9-17)29(32)33)20-15-36-24(28-20)22-7-4-12-35-22/h1-12,15,19,21H,13-14H2,(H2,26,31)(H,27,30). The van der Waals surface area contributed by atoms with Gasteiger partial charge in [0, 0.05) is 23.9 Å². The second-order valence-corrected chi connectivity index (χ2v) is 9.66. The van der Waals surface area contributed by atoms with Crippen molar-refractivity contribution in [2.45, 2.75) is 25.0 Å². The van der Waals surface area contributed by atoms with Crippen molar-refractivity contribution in [3.05, 3.63) is 104 Å². The van der Waals surface area contributed by atoms with E-state index in [1.165, 1.54) is 23.5 Å². The number of non-ortho nitro benzene ring substituents is 1. The van der Waals surface area contributed by atoms with Crippen LogP contribution in [0.5, 0.6) is 0 Å². The number of carbonyl (C=O) groups is 2. The van der Waals surface area contributed by atoms with Crippen molar-refractivity contribution in [2.75, 3.05) is 0 Å². The zero-order valence-electron chi connectivity index (χ0n) is 18.9. The molecule has 36 heavy (non-hydrogen) atoms. The van der Waals surface area contributed by atoms with Gasteiger partial charge in [-0.1, -0.05) is 48.5 Å². The van der Waals surface area contributed by atoms with Gasteiger partial charge in [0.25, 0.3) is 11.6 Å². The van der Waals surface area contributed by atoms with Crippen LogP contribution in [0.15, 0.2) is 77.5 Å². The molecule has 9 nitrogen and oxygen atoms in total. The monoisotopic (exact) mass is 522 g/mol. The van der Waals surface area contributed by atoms with E-state index in [1.54, 1.807) is 23.5 Å². The maximum Gasteiger partial charge on any atom is 0.405 e. The van der Waals surface area contributed by atoms with Crippen molar-refractivity contribution in [1.82, 2.24) is 10.3 Å². The van der Waals surface area contributed by atoms with Crippen LogP contribution < -0.4 is 11.1 Å². The molecule has 2 heterocycles. The fraction of sp³-hybridized carbons (Fsp3) is 0.160. The molecule has 2 atom stereocenters. The zero-order valence-corrected chi connectivity index (χ0v) is 20.5. The van der Waals surface area contributed by atoms with Gasteiger partial charge in [0.1, 0.15) is 5.01 Å². The molecule has 2 unspecified atom stereocenters. The number of thiazole rings is 1. The normalized spacial score (nSPS) is 12.4. The molecule has 4 rings (SSSR count). The molecule has 0 saturated heterocycles. The Balaban J connectivity index is 1.59. The highest BCUT2D eigenvalue weighted by Crippen LogP contribution is 2.31. The van der Waals surface area contributed by atoms with Crippen LogP contribution >= 0.6 is 22.7 Å². The number of carbonyl (C=O) groups excluding carboxylic acids is 2. The summed E-state index contributed by atoms with van der Waals surface area (Å²) in [5, 5.41) is 18.6. The quantitative estimate of drug-likeness (QED) is 0.225. The average molecular weight is 523 g/mol. The summed E-state index contributed by atoms with van der Waals surface area (Å²) in [6.45, 7) is 0. The Morgan fingerprint density at radius 3 is 2.36 bits per heavy atom. The minimum Gasteiger partial charge on any atom is -0.436 e. The second kappa shape index (κ2) is 11.6. The van der Waals surface area contributed by atoms with E-state index in [9.17, 15) is 19.7 Å². The maximum absolute atomic E-state index is 13.3. The van der Waals surface area contributed by atoms with E-state index in [-0.39, 0.29) is 12.1 Å². The van der Waals surface area contributed by atoms with Crippen LogP contribution in [-0.4, -0.2) is 28.0 Å². The SMILES string of the molecule is NC(=O)OC(Cc1ccccc1)C(=O)NC(Cc1ccc([N+](=O)[O-])cc1)c1csc(-c2cccs2)n1. The van der Waals surface area contributed by atoms with Crippen LogP contribution in [0.25, 0.3) is 9.88 Å². The maximum atomic E-state index is 13.3. The lowest BCUT2D eigenvalue weighted by Gasteiger charge is -2.22. The fourth-order valence-electron chi connectivity index (χ4n) is 3.60. The molecule has 2 amide bonds. The van der Waals surface area contributed by atoms with Crippen LogP contribution in [0.2, 0.25) is 0 Å². The summed E-state index contributed by atoms with van der Waals surface area (Å²) in [5.41, 5.74) is 7.43. The number of amides is 2. The Kier molecular flexibility index (Phi) is 8.03. The van der Waals surface area contributed by atoms with Crippen LogP contribution in [0, 0.1) is 10.1 Å². The smallest absolute Gasteiger partial charge is 0.405 e. The number of primary amides is 1. The number of benzene rings is 2. The highest BCUT2D eigenvalue weighted by Gasteiger charge is 2.27. The van der Waals surface area contributed by atoms with E-state index in [1.807, 2.05) is 53.2 Å². The number of nitro groups is 1. The highest BCUT2D eigenvalue weighted by atomic mass is 32.1. The highest BCUT2D eigenvalue weighted by molar-refractivity contribution is 7.20.